The van der Waals surface area contributed by atoms with Gasteiger partial charge in [0.1, 0.15) is 5.82 Å². The fourth-order valence-electron chi connectivity index (χ4n) is 2.94. The van der Waals surface area contributed by atoms with Crippen molar-refractivity contribution in [2.45, 2.75) is 38.8 Å². The zero-order chi connectivity index (χ0) is 15.8. The summed E-state index contributed by atoms with van der Waals surface area (Å²) < 4.78 is 14.0. The Morgan fingerprint density at radius 1 is 1.52 bits per heavy atom. The highest BCUT2D eigenvalue weighted by Gasteiger charge is 2.46. The van der Waals surface area contributed by atoms with E-state index in [-0.39, 0.29) is 5.56 Å². The number of nitriles is 1. The van der Waals surface area contributed by atoms with Crippen LogP contribution in [0, 0.1) is 22.6 Å². The highest BCUT2D eigenvalue weighted by molar-refractivity contribution is 6.30. The van der Waals surface area contributed by atoms with Crippen molar-refractivity contribution in [2.24, 2.45) is 5.41 Å². The molecule has 0 spiro atoms. The number of halogens is 2. The van der Waals surface area contributed by atoms with Gasteiger partial charge in [0.2, 0.25) is 0 Å². The van der Waals surface area contributed by atoms with E-state index in [0.717, 1.165) is 0 Å². The quantitative estimate of drug-likeness (QED) is 0.889. The molecule has 1 aliphatic heterocycles. The molecule has 112 valence electrons. The molecule has 1 aromatic rings. The maximum atomic E-state index is 14.0. The van der Waals surface area contributed by atoms with Crippen LogP contribution in [0.5, 0.6) is 0 Å². The monoisotopic (exact) mass is 310 g/mol. The van der Waals surface area contributed by atoms with E-state index in [2.05, 4.69) is 6.07 Å². The Morgan fingerprint density at radius 3 is 2.76 bits per heavy atom. The molecule has 0 aliphatic carbocycles. The third kappa shape index (κ3) is 2.81. The van der Waals surface area contributed by atoms with Crippen LogP contribution in [0.3, 0.4) is 0 Å². The molecule has 0 saturated carbocycles. The fraction of sp³-hybridized carbons (Fsp3) is 0.467. The van der Waals surface area contributed by atoms with Crippen LogP contribution in [0.1, 0.15) is 38.3 Å². The summed E-state index contributed by atoms with van der Waals surface area (Å²) in [6.07, 6.45) is -0.159. The Kier molecular flexibility index (Phi) is 4.11. The summed E-state index contributed by atoms with van der Waals surface area (Å²) in [4.78, 5) is 12.8. The molecule has 1 amide bonds. The van der Waals surface area contributed by atoms with Gasteiger partial charge in [-0.3, -0.25) is 4.90 Å². The average Bonchev–Trinajstić information content (AvgIpc) is 2.87. The van der Waals surface area contributed by atoms with Crippen LogP contribution in [0.25, 0.3) is 0 Å². The number of carboxylic acid groups (broad SMARTS) is 1. The van der Waals surface area contributed by atoms with Gasteiger partial charge in [-0.05, 0) is 44.9 Å². The highest BCUT2D eigenvalue weighted by Crippen LogP contribution is 2.44. The first-order valence-corrected chi connectivity index (χ1v) is 7.03. The van der Waals surface area contributed by atoms with E-state index in [4.69, 9.17) is 11.6 Å². The smallest absolute Gasteiger partial charge is 0.408 e. The molecule has 0 bridgehead atoms. The number of hydrogen-bond donors (Lipinski definition) is 1. The molecule has 2 rings (SSSR count). The summed E-state index contributed by atoms with van der Waals surface area (Å²) in [6.45, 7) is 3.40. The molecule has 1 fully saturated rings. The Labute approximate surface area is 127 Å². The zero-order valence-corrected chi connectivity index (χ0v) is 12.6. The predicted molar refractivity (Wildman–Crippen MR) is 76.4 cm³/mol. The number of carbonyl (C=O) groups is 1. The fourth-order valence-corrected chi connectivity index (χ4v) is 3.12. The molecular weight excluding hydrogens is 295 g/mol. The van der Waals surface area contributed by atoms with Gasteiger partial charge in [-0.1, -0.05) is 11.6 Å². The molecule has 4 nitrogen and oxygen atoms in total. The largest absolute Gasteiger partial charge is 0.465 e. The third-order valence-electron chi connectivity index (χ3n) is 4.04. The number of likely N-dealkylation sites (tertiary alicyclic amines) is 1. The van der Waals surface area contributed by atoms with Crippen LogP contribution >= 0.6 is 11.6 Å². The van der Waals surface area contributed by atoms with E-state index in [0.29, 0.717) is 17.9 Å². The summed E-state index contributed by atoms with van der Waals surface area (Å²) in [5.74, 6) is -0.480. The molecule has 1 aromatic carbocycles. The minimum atomic E-state index is -1.15. The van der Waals surface area contributed by atoms with Crippen LogP contribution in [-0.4, -0.2) is 22.1 Å². The SMILES string of the molecule is CC(C)(C#N)[C@H]1CC[C@@H](c2cc(Cl)ccc2F)N1C(=O)O. The zero-order valence-electron chi connectivity index (χ0n) is 11.8. The van der Waals surface area contributed by atoms with Crippen molar-refractivity contribution in [3.63, 3.8) is 0 Å². The van der Waals surface area contributed by atoms with E-state index >= 15 is 0 Å². The van der Waals surface area contributed by atoms with Crippen molar-refractivity contribution < 1.29 is 14.3 Å². The van der Waals surface area contributed by atoms with Gasteiger partial charge >= 0.3 is 6.09 Å². The van der Waals surface area contributed by atoms with Crippen molar-refractivity contribution in [3.8, 4) is 6.07 Å². The molecule has 6 heteroatoms. The molecule has 2 atom stereocenters. The normalized spacial score (nSPS) is 22.1. The summed E-state index contributed by atoms with van der Waals surface area (Å²) in [7, 11) is 0. The maximum Gasteiger partial charge on any atom is 0.408 e. The van der Waals surface area contributed by atoms with E-state index in [1.165, 1.54) is 23.1 Å². The maximum absolute atomic E-state index is 14.0. The number of rotatable bonds is 2. The van der Waals surface area contributed by atoms with Gasteiger partial charge in [-0.15, -0.1) is 0 Å². The highest BCUT2D eigenvalue weighted by atomic mass is 35.5. The number of hydrogen-bond acceptors (Lipinski definition) is 2. The second-order valence-corrected chi connectivity index (χ2v) is 6.23. The molecule has 1 N–H and O–H groups in total. The second-order valence-electron chi connectivity index (χ2n) is 5.80. The van der Waals surface area contributed by atoms with Gasteiger partial charge in [0.05, 0.1) is 23.6 Å². The standard InChI is InChI=1S/C15H16ClFN2O2/c1-15(2,8-18)13-6-5-12(19(13)14(20)21)10-7-9(16)3-4-11(10)17/h3-4,7,12-13H,5-6H2,1-2H3,(H,20,21)/t12-,13+/m0/s1. The lowest BCUT2D eigenvalue weighted by Gasteiger charge is -2.34. The Hall–Kier alpha value is -1.80. The Bertz CT molecular complexity index is 612. The molecule has 1 saturated heterocycles. The molecule has 0 aromatic heterocycles. The minimum absolute atomic E-state index is 0.265. The summed E-state index contributed by atoms with van der Waals surface area (Å²) in [5.41, 5.74) is -0.566. The van der Waals surface area contributed by atoms with Gasteiger partial charge in [-0.25, -0.2) is 9.18 Å². The minimum Gasteiger partial charge on any atom is -0.465 e. The number of amides is 1. The first-order chi connectivity index (χ1) is 9.77. The first-order valence-electron chi connectivity index (χ1n) is 6.65. The Balaban J connectivity index is 2.44. The van der Waals surface area contributed by atoms with Gasteiger partial charge in [0, 0.05) is 10.6 Å². The molecular formula is C15H16ClFN2O2. The van der Waals surface area contributed by atoms with Gasteiger partial charge < -0.3 is 5.11 Å². The van der Waals surface area contributed by atoms with Crippen LogP contribution in [0.15, 0.2) is 18.2 Å². The number of benzene rings is 1. The molecule has 1 heterocycles. The van der Waals surface area contributed by atoms with Crippen molar-refractivity contribution in [1.82, 2.24) is 4.90 Å². The predicted octanol–water partition coefficient (Wildman–Crippen LogP) is 4.21. The van der Waals surface area contributed by atoms with Crippen molar-refractivity contribution in [3.05, 3.63) is 34.6 Å². The van der Waals surface area contributed by atoms with Crippen molar-refractivity contribution in [2.75, 3.05) is 0 Å². The van der Waals surface area contributed by atoms with Crippen molar-refractivity contribution >= 4 is 17.7 Å². The van der Waals surface area contributed by atoms with Crippen LogP contribution in [-0.2, 0) is 0 Å². The lowest BCUT2D eigenvalue weighted by atomic mass is 9.85. The van der Waals surface area contributed by atoms with Crippen LogP contribution in [0.2, 0.25) is 5.02 Å². The molecule has 0 radical (unpaired) electrons. The summed E-state index contributed by atoms with van der Waals surface area (Å²) in [5, 5.41) is 19.1. The first kappa shape index (κ1) is 15.6. The topological polar surface area (TPSA) is 64.3 Å². The molecule has 1 aliphatic rings. The van der Waals surface area contributed by atoms with Crippen molar-refractivity contribution in [1.29, 1.82) is 5.26 Å². The lowest BCUT2D eigenvalue weighted by Crippen LogP contribution is -2.44. The van der Waals surface area contributed by atoms with Crippen LogP contribution in [0.4, 0.5) is 9.18 Å². The third-order valence-corrected chi connectivity index (χ3v) is 4.28. The van der Waals surface area contributed by atoms with E-state index < -0.39 is 29.4 Å². The average molecular weight is 311 g/mol. The van der Waals surface area contributed by atoms with Gasteiger partial charge in [-0.2, -0.15) is 5.26 Å². The lowest BCUT2D eigenvalue weighted by molar-refractivity contribution is 0.0963. The Morgan fingerprint density at radius 2 is 2.19 bits per heavy atom. The summed E-state index contributed by atoms with van der Waals surface area (Å²) >= 11 is 5.89. The second kappa shape index (κ2) is 5.53. The van der Waals surface area contributed by atoms with Crippen LogP contribution < -0.4 is 0 Å². The van der Waals surface area contributed by atoms with E-state index in [1.54, 1.807) is 13.8 Å². The number of nitrogens with zero attached hydrogens (tertiary/aromatic N) is 2. The van der Waals surface area contributed by atoms with Gasteiger partial charge in [0.25, 0.3) is 0 Å². The molecule has 0 unspecified atom stereocenters. The summed E-state index contributed by atoms with van der Waals surface area (Å²) in [6, 6.07) is 5.18. The van der Waals surface area contributed by atoms with E-state index in [1.807, 2.05) is 0 Å². The van der Waals surface area contributed by atoms with E-state index in [9.17, 15) is 19.6 Å². The van der Waals surface area contributed by atoms with Gasteiger partial charge in [0.15, 0.2) is 0 Å². The molecule has 21 heavy (non-hydrogen) atoms.